The number of aryl methyl sites for hydroxylation is 1. The van der Waals surface area contributed by atoms with Crippen LogP contribution >= 0.6 is 11.3 Å². The summed E-state index contributed by atoms with van der Waals surface area (Å²) < 4.78 is 12.1. The standard InChI is InChI=1S/C32H36N4O6S/c1-19-25(41-2)12-11-22-26(16-23(34-28(19)22)30-33-13-14-43-30)42-21-15-24-29(38)35-32(31(39)40)17-20(32)9-7-5-3-4-6-8-10-27(37)36(24)18-21/h7,9,11-14,16,20-21,24H,3-6,8,10,15,17-18H2,1-2H3,(H,35,38)(H,39,40)/b9-7-/t20-,21+,24-,32+/m0/s1. The van der Waals surface area contributed by atoms with Crippen molar-refractivity contribution in [3.63, 3.8) is 0 Å². The maximum absolute atomic E-state index is 13.7. The fourth-order valence-corrected chi connectivity index (χ4v) is 6.90. The summed E-state index contributed by atoms with van der Waals surface area (Å²) in [4.78, 5) is 50.3. The molecule has 2 aromatic heterocycles. The Hall–Kier alpha value is -3.99. The molecular formula is C32H36N4O6S. The Balaban J connectivity index is 1.31. The van der Waals surface area contributed by atoms with Gasteiger partial charge in [0, 0.05) is 47.4 Å². The molecule has 0 spiro atoms. The lowest BCUT2D eigenvalue weighted by Gasteiger charge is -2.25. The molecule has 1 saturated heterocycles. The largest absolute Gasteiger partial charge is 0.496 e. The van der Waals surface area contributed by atoms with Crippen LogP contribution in [0.15, 0.2) is 41.9 Å². The summed E-state index contributed by atoms with van der Waals surface area (Å²) in [6, 6.07) is 4.80. The first-order valence-electron chi connectivity index (χ1n) is 14.9. The average Bonchev–Trinajstić information content (AvgIpc) is 3.32. The number of carboxylic acids is 1. The minimum Gasteiger partial charge on any atom is -0.496 e. The summed E-state index contributed by atoms with van der Waals surface area (Å²) in [5, 5.41) is 16.3. The summed E-state index contributed by atoms with van der Waals surface area (Å²) >= 11 is 1.47. The van der Waals surface area contributed by atoms with Gasteiger partial charge in [0.2, 0.25) is 11.8 Å². The summed E-state index contributed by atoms with van der Waals surface area (Å²) in [7, 11) is 1.62. The van der Waals surface area contributed by atoms with Crippen molar-refractivity contribution in [2.75, 3.05) is 13.7 Å². The highest BCUT2D eigenvalue weighted by Crippen LogP contribution is 2.45. The number of hydrogen-bond donors (Lipinski definition) is 2. The SMILES string of the molecule is COc1ccc2c(O[C@@H]3C[C@H]4C(=O)N[C@]5(C(=O)O)C[C@@H]5/C=C\CCCCCCC(=O)N4C3)cc(-c3nccs3)nc2c1C. The number of aromatic nitrogens is 2. The number of carboxylic acid groups (broad SMARTS) is 1. The van der Waals surface area contributed by atoms with Crippen LogP contribution in [0.4, 0.5) is 0 Å². The molecule has 2 fully saturated rings. The molecule has 3 aliphatic rings. The van der Waals surface area contributed by atoms with Gasteiger partial charge in [0.15, 0.2) is 0 Å². The number of thiazole rings is 1. The Labute approximate surface area is 254 Å². The van der Waals surface area contributed by atoms with Gasteiger partial charge in [-0.15, -0.1) is 11.3 Å². The fraction of sp³-hybridized carbons (Fsp3) is 0.469. The van der Waals surface area contributed by atoms with Gasteiger partial charge in [-0.2, -0.15) is 0 Å². The number of benzene rings is 1. The molecule has 0 bridgehead atoms. The first kappa shape index (κ1) is 29.1. The van der Waals surface area contributed by atoms with Crippen LogP contribution in [0.25, 0.3) is 21.6 Å². The van der Waals surface area contributed by atoms with E-state index in [0.717, 1.165) is 53.6 Å². The van der Waals surface area contributed by atoms with Crippen molar-refractivity contribution in [2.24, 2.45) is 5.92 Å². The zero-order valence-electron chi connectivity index (χ0n) is 24.4. The van der Waals surface area contributed by atoms with E-state index >= 15 is 0 Å². The molecule has 3 aromatic rings. The molecule has 1 saturated carbocycles. The molecule has 1 aromatic carbocycles. The van der Waals surface area contributed by atoms with Crippen LogP contribution in [0.5, 0.6) is 11.5 Å². The molecule has 11 heteroatoms. The van der Waals surface area contributed by atoms with E-state index in [0.29, 0.717) is 30.0 Å². The van der Waals surface area contributed by atoms with Crippen molar-refractivity contribution in [1.82, 2.24) is 20.2 Å². The first-order chi connectivity index (χ1) is 20.8. The van der Waals surface area contributed by atoms with E-state index in [2.05, 4.69) is 10.3 Å². The zero-order chi connectivity index (χ0) is 30.1. The van der Waals surface area contributed by atoms with Gasteiger partial charge in [0.25, 0.3) is 0 Å². The number of nitrogens with one attached hydrogen (secondary N) is 1. The average molecular weight is 605 g/mol. The van der Waals surface area contributed by atoms with Gasteiger partial charge in [-0.05, 0) is 44.7 Å². The van der Waals surface area contributed by atoms with E-state index in [1.54, 1.807) is 18.2 Å². The second kappa shape index (κ2) is 11.9. The molecule has 43 heavy (non-hydrogen) atoms. The number of nitrogens with zero attached hydrogens (tertiary/aromatic N) is 3. The molecule has 6 rings (SSSR count). The topological polar surface area (TPSA) is 131 Å². The van der Waals surface area contributed by atoms with Crippen molar-refractivity contribution in [2.45, 2.75) is 76.0 Å². The molecule has 2 aliphatic heterocycles. The van der Waals surface area contributed by atoms with Crippen LogP contribution in [0, 0.1) is 12.8 Å². The minimum atomic E-state index is -1.33. The zero-order valence-corrected chi connectivity index (χ0v) is 25.2. The van der Waals surface area contributed by atoms with E-state index in [-0.39, 0.29) is 24.8 Å². The van der Waals surface area contributed by atoms with E-state index < -0.39 is 29.6 Å². The minimum absolute atomic E-state index is 0.111. The molecular weight excluding hydrogens is 568 g/mol. The van der Waals surface area contributed by atoms with Crippen LogP contribution in [-0.2, 0) is 14.4 Å². The molecule has 4 atom stereocenters. The molecule has 1 aliphatic carbocycles. The molecule has 0 unspecified atom stereocenters. The number of fused-ring (bicyclic) bond motifs is 3. The second-order valence-corrected chi connectivity index (χ2v) is 12.5. The first-order valence-corrected chi connectivity index (χ1v) is 15.7. The number of methoxy groups -OCH3 is 1. The predicted octanol–water partition coefficient (Wildman–Crippen LogP) is 4.89. The van der Waals surface area contributed by atoms with Gasteiger partial charge in [-0.25, -0.2) is 14.8 Å². The van der Waals surface area contributed by atoms with Crippen LogP contribution in [0.2, 0.25) is 0 Å². The van der Waals surface area contributed by atoms with E-state index in [4.69, 9.17) is 14.5 Å². The van der Waals surface area contributed by atoms with Crippen molar-refractivity contribution in [3.8, 4) is 22.2 Å². The van der Waals surface area contributed by atoms with E-state index in [9.17, 15) is 19.5 Å². The Bertz CT molecular complexity index is 1570. The van der Waals surface area contributed by atoms with E-state index in [1.807, 2.05) is 42.7 Å². The third kappa shape index (κ3) is 5.70. The predicted molar refractivity (Wildman–Crippen MR) is 162 cm³/mol. The number of rotatable bonds is 5. The van der Waals surface area contributed by atoms with Gasteiger partial charge in [0.1, 0.15) is 39.9 Å². The number of pyridine rings is 1. The molecule has 4 heterocycles. The van der Waals surface area contributed by atoms with Gasteiger partial charge in [0.05, 0.1) is 19.2 Å². The number of aliphatic carboxylic acids is 1. The smallest absolute Gasteiger partial charge is 0.330 e. The van der Waals surface area contributed by atoms with Gasteiger partial charge in [-0.3, -0.25) is 9.59 Å². The van der Waals surface area contributed by atoms with Crippen molar-refractivity contribution >= 4 is 40.0 Å². The Morgan fingerprint density at radius 2 is 2.02 bits per heavy atom. The lowest BCUT2D eigenvalue weighted by Crippen LogP contribution is -2.53. The van der Waals surface area contributed by atoms with Crippen LogP contribution in [0.1, 0.15) is 56.9 Å². The third-order valence-corrected chi connectivity index (χ3v) is 9.62. The second-order valence-electron chi connectivity index (χ2n) is 11.6. The summed E-state index contributed by atoms with van der Waals surface area (Å²) in [6.07, 6.45) is 10.6. The van der Waals surface area contributed by atoms with Crippen LogP contribution in [0.3, 0.4) is 0 Å². The van der Waals surface area contributed by atoms with Crippen LogP contribution < -0.4 is 14.8 Å². The quantitative estimate of drug-likeness (QED) is 0.394. The number of amides is 2. The highest BCUT2D eigenvalue weighted by atomic mass is 32.1. The maximum Gasteiger partial charge on any atom is 0.330 e. The molecule has 10 nitrogen and oxygen atoms in total. The summed E-state index contributed by atoms with van der Waals surface area (Å²) in [6.45, 7) is 2.17. The van der Waals surface area contributed by atoms with Gasteiger partial charge in [-0.1, -0.05) is 25.0 Å². The Morgan fingerprint density at radius 3 is 2.79 bits per heavy atom. The Kier molecular flexibility index (Phi) is 8.09. The van der Waals surface area contributed by atoms with Crippen molar-refractivity contribution < 1.29 is 29.0 Å². The highest BCUT2D eigenvalue weighted by molar-refractivity contribution is 7.13. The summed E-state index contributed by atoms with van der Waals surface area (Å²) in [5.41, 5.74) is 0.914. The maximum atomic E-state index is 13.7. The van der Waals surface area contributed by atoms with Crippen LogP contribution in [-0.4, -0.2) is 69.1 Å². The number of carbonyl (C=O) groups excluding carboxylic acids is 2. The molecule has 2 amide bonds. The highest BCUT2D eigenvalue weighted by Gasteiger charge is 2.61. The lowest BCUT2D eigenvalue weighted by molar-refractivity contribution is -0.145. The number of ether oxygens (including phenoxy) is 2. The fourth-order valence-electron chi connectivity index (χ4n) is 6.31. The number of carbonyl (C=O) groups is 3. The molecule has 2 N–H and O–H groups in total. The Morgan fingerprint density at radius 1 is 1.19 bits per heavy atom. The molecule has 226 valence electrons. The summed E-state index contributed by atoms with van der Waals surface area (Å²) in [5.74, 6) is -0.583. The third-order valence-electron chi connectivity index (χ3n) is 8.82. The van der Waals surface area contributed by atoms with Gasteiger partial charge >= 0.3 is 5.97 Å². The number of allylic oxidation sites excluding steroid dienone is 1. The van der Waals surface area contributed by atoms with Crippen molar-refractivity contribution in [3.05, 3.63) is 47.5 Å². The molecule has 0 radical (unpaired) electrons. The monoisotopic (exact) mass is 604 g/mol. The normalized spacial score (nSPS) is 26.9. The number of hydrogen-bond acceptors (Lipinski definition) is 8. The lowest BCUT2D eigenvalue weighted by atomic mass is 10.1. The van der Waals surface area contributed by atoms with Gasteiger partial charge < -0.3 is 24.8 Å². The van der Waals surface area contributed by atoms with Crippen molar-refractivity contribution in [1.29, 1.82) is 0 Å². The van der Waals surface area contributed by atoms with E-state index in [1.165, 1.54) is 11.3 Å².